The maximum absolute atomic E-state index is 14.2. The first kappa shape index (κ1) is 21.6. The van der Waals surface area contributed by atoms with Crippen LogP contribution in [0.25, 0.3) is 0 Å². The summed E-state index contributed by atoms with van der Waals surface area (Å²) < 4.78 is 19.5. The molecule has 140 valence electrons. The molecule has 0 bridgehead atoms. The summed E-state index contributed by atoms with van der Waals surface area (Å²) in [7, 11) is 1.39. The Hall–Kier alpha value is -2.44. The van der Waals surface area contributed by atoms with Gasteiger partial charge in [-0.1, -0.05) is 43.3 Å². The van der Waals surface area contributed by atoms with Crippen LogP contribution in [0.15, 0.2) is 42.5 Å². The van der Waals surface area contributed by atoms with Gasteiger partial charge in [-0.05, 0) is 23.6 Å². The van der Waals surface area contributed by atoms with Crippen molar-refractivity contribution >= 4 is 24.1 Å². The molecule has 4 N–H and O–H groups in total. The summed E-state index contributed by atoms with van der Waals surface area (Å²) in [5.74, 6) is -0.869. The maximum atomic E-state index is 14.2. The van der Waals surface area contributed by atoms with E-state index >= 15 is 0 Å². The minimum Gasteiger partial charge on any atom is -0.384 e. The molecule has 0 spiro atoms. The molecule has 0 unspecified atom stereocenters. The van der Waals surface area contributed by atoms with E-state index in [1.807, 2.05) is 6.92 Å². The molecule has 2 aromatic carbocycles. The van der Waals surface area contributed by atoms with E-state index in [1.165, 1.54) is 13.2 Å². The normalized spacial score (nSPS) is 11.3. The van der Waals surface area contributed by atoms with E-state index in [0.29, 0.717) is 12.0 Å². The molecule has 7 heteroatoms. The predicted molar refractivity (Wildman–Crippen MR) is 102 cm³/mol. The number of rotatable bonds is 7. The predicted octanol–water partition coefficient (Wildman–Crippen LogP) is 3.10. The van der Waals surface area contributed by atoms with Gasteiger partial charge in [0.25, 0.3) is 5.91 Å². The molecule has 0 aliphatic heterocycles. The summed E-state index contributed by atoms with van der Waals surface area (Å²) in [6.45, 7) is 2.17. The quantitative estimate of drug-likeness (QED) is 0.510. The average molecular weight is 380 g/mol. The first-order valence-electron chi connectivity index (χ1n) is 7.99. The number of carbonyl (C=O) groups is 1. The van der Waals surface area contributed by atoms with Crippen molar-refractivity contribution in [1.29, 1.82) is 5.41 Å². The molecule has 1 atom stereocenters. The number of benzene rings is 2. The number of ether oxygens (including phenoxy) is 1. The molecule has 0 aromatic heterocycles. The molecule has 0 aliphatic rings. The fourth-order valence-corrected chi connectivity index (χ4v) is 2.62. The van der Waals surface area contributed by atoms with E-state index in [-0.39, 0.29) is 30.4 Å². The third kappa shape index (κ3) is 5.03. The number of nitrogen functional groups attached to an aromatic ring is 1. The van der Waals surface area contributed by atoms with E-state index in [2.05, 4.69) is 5.32 Å². The summed E-state index contributed by atoms with van der Waals surface area (Å²) in [5, 5.41) is 10.1. The summed E-state index contributed by atoms with van der Waals surface area (Å²) in [6.07, 6.45) is -0.403. The lowest BCUT2D eigenvalue weighted by molar-refractivity contribution is -0.131. The highest BCUT2D eigenvalue weighted by Crippen LogP contribution is 2.25. The minimum absolute atomic E-state index is 0. The first-order chi connectivity index (χ1) is 12.0. The Morgan fingerprint density at radius 1 is 1.27 bits per heavy atom. The van der Waals surface area contributed by atoms with E-state index < -0.39 is 17.8 Å². The Morgan fingerprint density at radius 2 is 1.92 bits per heavy atom. The van der Waals surface area contributed by atoms with E-state index in [0.717, 1.165) is 11.1 Å². The van der Waals surface area contributed by atoms with Gasteiger partial charge in [0.15, 0.2) is 6.10 Å². The Bertz CT molecular complexity index is 766. The van der Waals surface area contributed by atoms with E-state index in [4.69, 9.17) is 15.9 Å². The van der Waals surface area contributed by atoms with Gasteiger partial charge in [0.1, 0.15) is 11.7 Å². The third-order valence-corrected chi connectivity index (χ3v) is 3.99. The second kappa shape index (κ2) is 9.89. The SMILES string of the molecule is CCc1cccc(F)c1[C@H](OC)C(=O)NCc1ccc(C(=N)N)cc1.Cl. The van der Waals surface area contributed by atoms with Crippen molar-refractivity contribution in [3.8, 4) is 0 Å². The van der Waals surface area contributed by atoms with E-state index in [9.17, 15) is 9.18 Å². The molecule has 2 rings (SSSR count). The van der Waals surface area contributed by atoms with Gasteiger partial charge in [0.2, 0.25) is 0 Å². The zero-order valence-corrected chi connectivity index (χ0v) is 15.5. The summed E-state index contributed by atoms with van der Waals surface area (Å²) in [4.78, 5) is 12.5. The van der Waals surface area contributed by atoms with Crippen LogP contribution in [0.3, 0.4) is 0 Å². The van der Waals surface area contributed by atoms with Gasteiger partial charge in [-0.3, -0.25) is 10.2 Å². The van der Waals surface area contributed by atoms with Gasteiger partial charge < -0.3 is 15.8 Å². The summed E-state index contributed by atoms with van der Waals surface area (Å²) in [6, 6.07) is 11.7. The van der Waals surface area contributed by atoms with Crippen molar-refractivity contribution in [3.05, 3.63) is 70.5 Å². The lowest BCUT2D eigenvalue weighted by Crippen LogP contribution is -2.31. The molecule has 1 amide bonds. The zero-order chi connectivity index (χ0) is 18.4. The van der Waals surface area contributed by atoms with Gasteiger partial charge >= 0.3 is 0 Å². The molecule has 26 heavy (non-hydrogen) atoms. The van der Waals surface area contributed by atoms with Crippen molar-refractivity contribution in [1.82, 2.24) is 5.32 Å². The first-order valence-corrected chi connectivity index (χ1v) is 7.99. The minimum atomic E-state index is -1.01. The number of carbonyl (C=O) groups excluding carboxylic acids is 1. The lowest BCUT2D eigenvalue weighted by atomic mass is 9.99. The number of nitrogens with one attached hydrogen (secondary N) is 2. The van der Waals surface area contributed by atoms with Crippen LogP contribution in [-0.2, 0) is 22.5 Å². The second-order valence-corrected chi connectivity index (χ2v) is 5.61. The van der Waals surface area contributed by atoms with Crippen molar-refractivity contribution < 1.29 is 13.9 Å². The molecule has 0 heterocycles. The summed E-state index contributed by atoms with van der Waals surface area (Å²) >= 11 is 0. The van der Waals surface area contributed by atoms with Crippen molar-refractivity contribution in [2.75, 3.05) is 7.11 Å². The topological polar surface area (TPSA) is 88.2 Å². The monoisotopic (exact) mass is 379 g/mol. The molecular formula is C19H23ClFN3O2. The number of nitrogens with two attached hydrogens (primary N) is 1. The van der Waals surface area contributed by atoms with Gasteiger partial charge in [0.05, 0.1) is 0 Å². The molecular weight excluding hydrogens is 357 g/mol. The highest BCUT2D eigenvalue weighted by molar-refractivity contribution is 5.94. The van der Waals surface area contributed by atoms with Gasteiger partial charge in [-0.15, -0.1) is 12.4 Å². The van der Waals surface area contributed by atoms with Crippen LogP contribution in [0.4, 0.5) is 4.39 Å². The van der Waals surface area contributed by atoms with Crippen LogP contribution >= 0.6 is 12.4 Å². The van der Waals surface area contributed by atoms with Gasteiger partial charge in [0, 0.05) is 24.8 Å². The molecule has 0 radical (unpaired) electrons. The van der Waals surface area contributed by atoms with Crippen LogP contribution in [0.5, 0.6) is 0 Å². The number of hydrogen-bond acceptors (Lipinski definition) is 3. The lowest BCUT2D eigenvalue weighted by Gasteiger charge is -2.19. The average Bonchev–Trinajstić information content (AvgIpc) is 2.62. The fraction of sp³-hybridized carbons (Fsp3) is 0.263. The molecule has 0 saturated heterocycles. The number of aryl methyl sites for hydroxylation is 1. The van der Waals surface area contributed by atoms with Crippen molar-refractivity contribution in [3.63, 3.8) is 0 Å². The van der Waals surface area contributed by atoms with Gasteiger partial charge in [-0.25, -0.2) is 4.39 Å². The molecule has 0 aliphatic carbocycles. The Kier molecular flexibility index (Phi) is 8.22. The van der Waals surface area contributed by atoms with Crippen LogP contribution in [0, 0.1) is 11.2 Å². The third-order valence-electron chi connectivity index (χ3n) is 3.99. The van der Waals surface area contributed by atoms with Crippen molar-refractivity contribution in [2.45, 2.75) is 26.0 Å². The fourth-order valence-electron chi connectivity index (χ4n) is 2.62. The zero-order valence-electron chi connectivity index (χ0n) is 14.7. The second-order valence-electron chi connectivity index (χ2n) is 5.61. The van der Waals surface area contributed by atoms with Crippen LogP contribution in [-0.4, -0.2) is 18.9 Å². The molecule has 2 aromatic rings. The largest absolute Gasteiger partial charge is 0.384 e. The summed E-state index contributed by atoms with van der Waals surface area (Å²) in [5.41, 5.74) is 7.89. The van der Waals surface area contributed by atoms with Crippen LogP contribution in [0.1, 0.15) is 35.3 Å². The van der Waals surface area contributed by atoms with Crippen LogP contribution < -0.4 is 11.1 Å². The number of methoxy groups -OCH3 is 1. The van der Waals surface area contributed by atoms with Crippen molar-refractivity contribution in [2.24, 2.45) is 5.73 Å². The number of hydrogen-bond donors (Lipinski definition) is 3. The van der Waals surface area contributed by atoms with Gasteiger partial charge in [-0.2, -0.15) is 0 Å². The number of halogens is 2. The van der Waals surface area contributed by atoms with Crippen LogP contribution in [0.2, 0.25) is 0 Å². The number of amides is 1. The Morgan fingerprint density at radius 3 is 2.46 bits per heavy atom. The molecule has 5 nitrogen and oxygen atoms in total. The molecule has 0 fully saturated rings. The highest BCUT2D eigenvalue weighted by Gasteiger charge is 2.25. The Labute approximate surface area is 158 Å². The smallest absolute Gasteiger partial charge is 0.254 e. The number of amidine groups is 1. The standard InChI is InChI=1S/C19H22FN3O2.ClH/c1-3-13-5-4-6-15(20)16(13)17(25-2)19(24)23-11-12-7-9-14(10-8-12)18(21)22;/h4-10,17H,3,11H2,1-2H3,(H3,21,22)(H,23,24);1H/t17-;/m0./s1. The Balaban J connectivity index is 0.00000338. The van der Waals surface area contributed by atoms with E-state index in [1.54, 1.807) is 36.4 Å². The molecule has 0 saturated carbocycles. The maximum Gasteiger partial charge on any atom is 0.254 e. The highest BCUT2D eigenvalue weighted by atomic mass is 35.5.